The largest absolute Gasteiger partial charge is 0.328 e. The van der Waals surface area contributed by atoms with Crippen molar-refractivity contribution >= 4 is 0 Å². The van der Waals surface area contributed by atoms with Crippen LogP contribution in [0.15, 0.2) is 113 Å². The maximum Gasteiger partial charge on any atom is 0.328 e. The summed E-state index contributed by atoms with van der Waals surface area (Å²) in [5.41, 5.74) is 2.31. The highest BCUT2D eigenvalue weighted by molar-refractivity contribution is 5.49. The highest BCUT2D eigenvalue weighted by atomic mass is 16.2. The summed E-state index contributed by atoms with van der Waals surface area (Å²) in [6.45, 7) is 1.32. The molecule has 2 N–H and O–H groups in total. The van der Waals surface area contributed by atoms with Crippen molar-refractivity contribution in [3.05, 3.63) is 141 Å². The first-order chi connectivity index (χ1) is 15.7. The topological polar surface area (TPSA) is 66.9 Å². The van der Waals surface area contributed by atoms with E-state index in [2.05, 4.69) is 83.1 Å². The van der Waals surface area contributed by atoms with E-state index in [4.69, 9.17) is 0 Å². The van der Waals surface area contributed by atoms with Gasteiger partial charge in [-0.25, -0.2) is 4.79 Å². The smallest absolute Gasteiger partial charge is 0.301 e. The molecule has 0 unspecified atom stereocenters. The zero-order valence-electron chi connectivity index (χ0n) is 17.9. The third-order valence-electron chi connectivity index (χ3n) is 5.73. The molecule has 0 saturated carbocycles. The lowest BCUT2D eigenvalue weighted by molar-refractivity contribution is 0.450. The Morgan fingerprint density at radius 2 is 1.19 bits per heavy atom. The van der Waals surface area contributed by atoms with Gasteiger partial charge in [-0.1, -0.05) is 91.0 Å². The normalized spacial score (nSPS) is 11.4. The van der Waals surface area contributed by atoms with Crippen LogP contribution in [0.25, 0.3) is 0 Å². The second kappa shape index (κ2) is 10.1. The molecule has 4 aromatic rings. The van der Waals surface area contributed by atoms with Crippen LogP contribution in [0.3, 0.4) is 0 Å². The molecular weight excluding hydrogens is 398 g/mol. The Balaban J connectivity index is 1.60. The summed E-state index contributed by atoms with van der Waals surface area (Å²) < 4.78 is 1.54. The van der Waals surface area contributed by atoms with Crippen molar-refractivity contribution in [2.75, 3.05) is 6.54 Å². The maximum atomic E-state index is 11.9. The Hall–Kier alpha value is -3.70. The first-order valence-corrected chi connectivity index (χ1v) is 10.9. The van der Waals surface area contributed by atoms with Gasteiger partial charge in [0.15, 0.2) is 0 Å². The highest BCUT2D eigenvalue weighted by Gasteiger charge is 2.35. The fourth-order valence-corrected chi connectivity index (χ4v) is 4.17. The number of benzene rings is 3. The summed E-state index contributed by atoms with van der Waals surface area (Å²) in [4.78, 5) is 25.5. The first-order valence-electron chi connectivity index (χ1n) is 10.9. The molecule has 5 nitrogen and oxygen atoms in total. The van der Waals surface area contributed by atoms with Crippen LogP contribution in [0.4, 0.5) is 0 Å². The zero-order chi connectivity index (χ0) is 22.2. The molecule has 0 radical (unpaired) electrons. The van der Waals surface area contributed by atoms with Crippen LogP contribution in [-0.2, 0) is 12.1 Å². The van der Waals surface area contributed by atoms with E-state index in [1.807, 2.05) is 18.2 Å². The SMILES string of the molecule is O=c1ccn(CCCCNC(c2ccccc2)(c2ccccc2)c2ccccc2)c(=O)[nH]1. The van der Waals surface area contributed by atoms with Gasteiger partial charge < -0.3 is 4.57 Å². The van der Waals surface area contributed by atoms with Crippen molar-refractivity contribution in [1.29, 1.82) is 0 Å². The molecule has 0 amide bonds. The predicted octanol–water partition coefficient (Wildman–Crippen LogP) is 3.90. The molecule has 0 bridgehead atoms. The lowest BCUT2D eigenvalue weighted by Gasteiger charge is -2.37. The predicted molar refractivity (Wildman–Crippen MR) is 128 cm³/mol. The minimum absolute atomic E-state index is 0.363. The van der Waals surface area contributed by atoms with Crippen molar-refractivity contribution in [2.45, 2.75) is 24.9 Å². The van der Waals surface area contributed by atoms with Gasteiger partial charge in [0.25, 0.3) is 5.56 Å². The molecule has 0 atom stereocenters. The van der Waals surface area contributed by atoms with Crippen molar-refractivity contribution in [1.82, 2.24) is 14.9 Å². The summed E-state index contributed by atoms with van der Waals surface area (Å²) in [7, 11) is 0. The van der Waals surface area contributed by atoms with E-state index in [1.165, 1.54) is 22.8 Å². The molecule has 162 valence electrons. The molecule has 1 aromatic heterocycles. The third-order valence-corrected chi connectivity index (χ3v) is 5.73. The van der Waals surface area contributed by atoms with E-state index < -0.39 is 5.54 Å². The Morgan fingerprint density at radius 3 is 1.66 bits per heavy atom. The minimum Gasteiger partial charge on any atom is -0.301 e. The number of nitrogens with one attached hydrogen (secondary N) is 2. The summed E-state index contributed by atoms with van der Waals surface area (Å²) in [5.74, 6) is 0. The lowest BCUT2D eigenvalue weighted by Crippen LogP contribution is -2.45. The number of hydrogen-bond acceptors (Lipinski definition) is 3. The number of aromatic nitrogens is 2. The van der Waals surface area contributed by atoms with Gasteiger partial charge in [-0.05, 0) is 36.1 Å². The van der Waals surface area contributed by atoms with Gasteiger partial charge in [-0.15, -0.1) is 0 Å². The monoisotopic (exact) mass is 425 g/mol. The van der Waals surface area contributed by atoms with Crippen molar-refractivity contribution in [2.24, 2.45) is 0 Å². The molecule has 0 aliphatic carbocycles. The van der Waals surface area contributed by atoms with Crippen LogP contribution in [-0.4, -0.2) is 16.1 Å². The van der Waals surface area contributed by atoms with Gasteiger partial charge in [0.1, 0.15) is 0 Å². The highest BCUT2D eigenvalue weighted by Crippen LogP contribution is 2.36. The first kappa shape index (κ1) is 21.5. The van der Waals surface area contributed by atoms with E-state index in [0.29, 0.717) is 6.54 Å². The molecule has 1 heterocycles. The van der Waals surface area contributed by atoms with Crippen molar-refractivity contribution in [3.8, 4) is 0 Å². The van der Waals surface area contributed by atoms with Gasteiger partial charge in [0.05, 0.1) is 5.54 Å². The van der Waals surface area contributed by atoms with Gasteiger partial charge in [-0.3, -0.25) is 15.1 Å². The molecule has 4 rings (SSSR count). The summed E-state index contributed by atoms with van der Waals surface area (Å²) in [6.07, 6.45) is 3.24. The number of hydrogen-bond donors (Lipinski definition) is 2. The molecule has 5 heteroatoms. The van der Waals surface area contributed by atoms with E-state index in [1.54, 1.807) is 10.8 Å². The summed E-state index contributed by atoms with van der Waals surface area (Å²) in [6, 6.07) is 32.9. The lowest BCUT2D eigenvalue weighted by atomic mass is 9.77. The Morgan fingerprint density at radius 1 is 0.688 bits per heavy atom. The molecule has 0 saturated heterocycles. The molecule has 32 heavy (non-hydrogen) atoms. The average molecular weight is 426 g/mol. The number of unbranched alkanes of at least 4 members (excludes halogenated alkanes) is 1. The number of aryl methyl sites for hydroxylation is 1. The fraction of sp³-hybridized carbons (Fsp3) is 0.185. The second-order valence-corrected chi connectivity index (χ2v) is 7.79. The number of H-pyrrole nitrogens is 1. The van der Waals surface area contributed by atoms with Crippen LogP contribution in [0.1, 0.15) is 29.5 Å². The Labute approximate surface area is 187 Å². The molecule has 0 aliphatic heterocycles. The van der Waals surface area contributed by atoms with Crippen molar-refractivity contribution < 1.29 is 0 Å². The zero-order valence-corrected chi connectivity index (χ0v) is 17.9. The summed E-state index contributed by atoms with van der Waals surface area (Å²) >= 11 is 0. The Bertz CT molecular complexity index is 1140. The minimum atomic E-state index is -0.487. The van der Waals surface area contributed by atoms with Gasteiger partial charge >= 0.3 is 5.69 Å². The average Bonchev–Trinajstić information content (AvgIpc) is 2.84. The molecule has 0 aliphatic rings. The van der Waals surface area contributed by atoms with Gasteiger partial charge in [-0.2, -0.15) is 0 Å². The molecule has 3 aromatic carbocycles. The number of rotatable bonds is 9. The van der Waals surface area contributed by atoms with Crippen LogP contribution in [0.2, 0.25) is 0 Å². The van der Waals surface area contributed by atoms with E-state index in [9.17, 15) is 9.59 Å². The van der Waals surface area contributed by atoms with Crippen LogP contribution in [0, 0.1) is 0 Å². The van der Waals surface area contributed by atoms with Crippen LogP contribution >= 0.6 is 0 Å². The second-order valence-electron chi connectivity index (χ2n) is 7.79. The van der Waals surface area contributed by atoms with Crippen molar-refractivity contribution in [3.63, 3.8) is 0 Å². The standard InChI is InChI=1S/C27H27N3O2/c31-25-18-21-30(26(32)29-25)20-11-10-19-28-27(22-12-4-1-5-13-22,23-14-6-2-7-15-23)24-16-8-3-9-17-24/h1-9,12-18,21,28H,10-11,19-20H2,(H,29,31,32). The van der Waals surface area contributed by atoms with E-state index >= 15 is 0 Å². The van der Waals surface area contributed by atoms with Crippen LogP contribution < -0.4 is 16.6 Å². The van der Waals surface area contributed by atoms with Gasteiger partial charge in [0.2, 0.25) is 0 Å². The maximum absolute atomic E-state index is 11.9. The van der Waals surface area contributed by atoms with E-state index in [0.717, 1.165) is 19.4 Å². The van der Waals surface area contributed by atoms with E-state index in [-0.39, 0.29) is 11.2 Å². The number of nitrogens with zero attached hydrogens (tertiary/aromatic N) is 1. The Kier molecular flexibility index (Phi) is 6.78. The summed E-state index contributed by atoms with van der Waals surface area (Å²) in [5, 5.41) is 3.85. The molecular formula is C27H27N3O2. The molecule has 0 fully saturated rings. The fourth-order valence-electron chi connectivity index (χ4n) is 4.17. The molecule has 0 spiro atoms. The third kappa shape index (κ3) is 4.63. The number of aromatic amines is 1. The van der Waals surface area contributed by atoms with Gasteiger partial charge in [0, 0.05) is 18.8 Å². The van der Waals surface area contributed by atoms with Crippen LogP contribution in [0.5, 0.6) is 0 Å². The quantitative estimate of drug-likeness (QED) is 0.316.